The second-order valence-electron chi connectivity index (χ2n) is 9.51. The van der Waals surface area contributed by atoms with E-state index in [4.69, 9.17) is 12.2 Å². The molecule has 0 unspecified atom stereocenters. The third kappa shape index (κ3) is 4.56. The average molecular weight is 528 g/mol. The van der Waals surface area contributed by atoms with Crippen molar-refractivity contribution < 1.29 is 9.59 Å². The number of amides is 2. The maximum absolute atomic E-state index is 13.9. The highest BCUT2D eigenvalue weighted by atomic mass is 32.1. The van der Waals surface area contributed by atoms with E-state index in [1.165, 1.54) is 20.9 Å². The van der Waals surface area contributed by atoms with Gasteiger partial charge in [-0.25, -0.2) is 0 Å². The number of rotatable bonds is 5. The molecule has 0 bridgehead atoms. The van der Waals surface area contributed by atoms with Gasteiger partial charge in [-0.15, -0.1) is 0 Å². The average Bonchev–Trinajstić information content (AvgIpc) is 3.30. The predicted molar refractivity (Wildman–Crippen MR) is 161 cm³/mol. The number of hydrogen-bond acceptors (Lipinski definition) is 3. The van der Waals surface area contributed by atoms with Gasteiger partial charge >= 0.3 is 0 Å². The van der Waals surface area contributed by atoms with E-state index in [1.807, 2.05) is 85.1 Å². The van der Waals surface area contributed by atoms with Crippen molar-refractivity contribution in [1.82, 2.24) is 4.57 Å². The molecular formula is C33H25N3O2S. The van der Waals surface area contributed by atoms with Crippen LogP contribution in [0.15, 0.2) is 121 Å². The number of para-hydroxylation sites is 3. The largest absolute Gasteiger partial charge is 0.342 e. The molecule has 190 valence electrons. The molecule has 1 fully saturated rings. The Labute approximate surface area is 232 Å². The van der Waals surface area contributed by atoms with Crippen LogP contribution in [-0.4, -0.2) is 21.5 Å². The van der Waals surface area contributed by atoms with Gasteiger partial charge in [0, 0.05) is 29.2 Å². The van der Waals surface area contributed by atoms with Gasteiger partial charge in [0.2, 0.25) is 0 Å². The number of carbonyl (C=O) groups excluding carboxylic acids is 2. The van der Waals surface area contributed by atoms with Gasteiger partial charge in [-0.05, 0) is 61.1 Å². The summed E-state index contributed by atoms with van der Waals surface area (Å²) in [7, 11) is 0. The molecule has 2 amide bonds. The summed E-state index contributed by atoms with van der Waals surface area (Å²) >= 11 is 5.73. The van der Waals surface area contributed by atoms with Gasteiger partial charge in [0.25, 0.3) is 11.8 Å². The van der Waals surface area contributed by atoms with Crippen LogP contribution in [0, 0.1) is 6.92 Å². The van der Waals surface area contributed by atoms with E-state index in [-0.39, 0.29) is 10.7 Å². The maximum atomic E-state index is 13.9. The van der Waals surface area contributed by atoms with Gasteiger partial charge < -0.3 is 4.57 Å². The molecule has 0 N–H and O–H groups in total. The molecule has 0 radical (unpaired) electrons. The minimum atomic E-state index is -0.446. The highest BCUT2D eigenvalue weighted by molar-refractivity contribution is 7.81. The molecule has 5 aromatic rings. The summed E-state index contributed by atoms with van der Waals surface area (Å²) in [5.41, 5.74) is 5.46. The van der Waals surface area contributed by atoms with Crippen molar-refractivity contribution in [3.63, 3.8) is 0 Å². The zero-order valence-electron chi connectivity index (χ0n) is 21.3. The van der Waals surface area contributed by atoms with Crippen LogP contribution in [0.2, 0.25) is 0 Å². The Hall–Kier alpha value is -4.81. The van der Waals surface area contributed by atoms with Crippen molar-refractivity contribution in [2.75, 3.05) is 9.80 Å². The van der Waals surface area contributed by atoms with Crippen LogP contribution in [-0.2, 0) is 16.1 Å². The number of benzene rings is 4. The highest BCUT2D eigenvalue weighted by Gasteiger charge is 2.41. The second-order valence-corrected chi connectivity index (χ2v) is 9.87. The van der Waals surface area contributed by atoms with Crippen LogP contribution >= 0.6 is 12.2 Å². The van der Waals surface area contributed by atoms with Crippen LogP contribution < -0.4 is 9.80 Å². The number of hydrogen-bond donors (Lipinski definition) is 0. The van der Waals surface area contributed by atoms with E-state index in [0.29, 0.717) is 17.9 Å². The monoisotopic (exact) mass is 527 g/mol. The van der Waals surface area contributed by atoms with Gasteiger partial charge in [0.05, 0.1) is 11.4 Å². The van der Waals surface area contributed by atoms with Crippen molar-refractivity contribution in [2.45, 2.75) is 13.5 Å². The summed E-state index contributed by atoms with van der Waals surface area (Å²) < 4.78 is 2.15. The van der Waals surface area contributed by atoms with Crippen molar-refractivity contribution in [1.29, 1.82) is 0 Å². The van der Waals surface area contributed by atoms with Gasteiger partial charge in [-0.1, -0.05) is 84.4 Å². The fourth-order valence-electron chi connectivity index (χ4n) is 4.91. The van der Waals surface area contributed by atoms with Gasteiger partial charge in [0.15, 0.2) is 5.11 Å². The normalized spacial score (nSPS) is 13.9. The standard InChI is InChI=1S/C33H25N3O2S/c1-23-16-18-24(19-17-23)21-34-22-25(28-14-8-9-15-30(28)34)20-29-31(37)35(26-10-4-2-5-11-26)33(39)36(32(29)38)27-12-6-3-7-13-27/h2-20,22H,21H2,1H3. The van der Waals surface area contributed by atoms with Crippen molar-refractivity contribution in [3.05, 3.63) is 138 Å². The van der Waals surface area contributed by atoms with Crippen molar-refractivity contribution in [3.8, 4) is 0 Å². The molecular weight excluding hydrogens is 502 g/mol. The van der Waals surface area contributed by atoms with E-state index in [1.54, 1.807) is 6.08 Å². The first-order valence-corrected chi connectivity index (χ1v) is 13.1. The Kier molecular flexibility index (Phi) is 6.39. The summed E-state index contributed by atoms with van der Waals surface area (Å²) in [5, 5.41) is 1.09. The number of nitrogens with zero attached hydrogens (tertiary/aromatic N) is 3. The second kappa shape index (κ2) is 10.2. The lowest BCUT2D eigenvalue weighted by atomic mass is 10.0. The third-order valence-electron chi connectivity index (χ3n) is 6.87. The molecule has 0 atom stereocenters. The molecule has 1 aromatic heterocycles. The quantitative estimate of drug-likeness (QED) is 0.144. The number of fused-ring (bicyclic) bond motifs is 1. The molecule has 4 aromatic carbocycles. The van der Waals surface area contributed by atoms with Gasteiger partial charge in [-0.2, -0.15) is 0 Å². The van der Waals surface area contributed by atoms with Crippen molar-refractivity contribution >= 4 is 57.5 Å². The Bertz CT molecular complexity index is 1680. The lowest BCUT2D eigenvalue weighted by molar-refractivity contribution is -0.120. The first-order chi connectivity index (χ1) is 19.0. The summed E-state index contributed by atoms with van der Waals surface area (Å²) in [6.07, 6.45) is 3.71. The Morgan fingerprint density at radius 1 is 0.692 bits per heavy atom. The maximum Gasteiger partial charge on any atom is 0.270 e. The van der Waals surface area contributed by atoms with E-state index in [0.717, 1.165) is 16.5 Å². The molecule has 5 nitrogen and oxygen atoms in total. The van der Waals surface area contributed by atoms with Gasteiger partial charge in [-0.3, -0.25) is 19.4 Å². The number of anilines is 2. The minimum Gasteiger partial charge on any atom is -0.342 e. The molecule has 6 rings (SSSR count). The van der Waals surface area contributed by atoms with Crippen molar-refractivity contribution in [2.24, 2.45) is 0 Å². The van der Waals surface area contributed by atoms with E-state index >= 15 is 0 Å². The number of carbonyl (C=O) groups is 2. The zero-order valence-corrected chi connectivity index (χ0v) is 22.1. The topological polar surface area (TPSA) is 45.6 Å². The lowest BCUT2D eigenvalue weighted by Crippen LogP contribution is -2.56. The highest BCUT2D eigenvalue weighted by Crippen LogP contribution is 2.31. The molecule has 1 saturated heterocycles. The molecule has 39 heavy (non-hydrogen) atoms. The van der Waals surface area contributed by atoms with Crippen LogP contribution in [0.5, 0.6) is 0 Å². The van der Waals surface area contributed by atoms with Crippen LogP contribution in [0.4, 0.5) is 11.4 Å². The van der Waals surface area contributed by atoms with Crippen LogP contribution in [0.3, 0.4) is 0 Å². The Balaban J connectivity index is 1.48. The van der Waals surface area contributed by atoms with Gasteiger partial charge in [0.1, 0.15) is 5.57 Å². The summed E-state index contributed by atoms with van der Waals surface area (Å²) in [4.78, 5) is 30.7. The van der Waals surface area contributed by atoms with Crippen LogP contribution in [0.1, 0.15) is 16.7 Å². The smallest absolute Gasteiger partial charge is 0.270 e. The summed E-state index contributed by atoms with van der Waals surface area (Å²) in [6, 6.07) is 34.8. The molecule has 0 spiro atoms. The van der Waals surface area contributed by atoms with Crippen LogP contribution in [0.25, 0.3) is 17.0 Å². The van der Waals surface area contributed by atoms with E-state index in [2.05, 4.69) is 41.8 Å². The summed E-state index contributed by atoms with van der Waals surface area (Å²) in [5.74, 6) is -0.891. The van der Waals surface area contributed by atoms with E-state index in [9.17, 15) is 9.59 Å². The molecule has 1 aliphatic heterocycles. The lowest BCUT2D eigenvalue weighted by Gasteiger charge is -2.36. The first-order valence-electron chi connectivity index (χ1n) is 12.7. The predicted octanol–water partition coefficient (Wildman–Crippen LogP) is 6.75. The molecule has 1 aliphatic rings. The molecule has 0 aliphatic carbocycles. The zero-order chi connectivity index (χ0) is 26.9. The summed E-state index contributed by atoms with van der Waals surface area (Å²) in [6.45, 7) is 2.74. The number of aromatic nitrogens is 1. The Morgan fingerprint density at radius 3 is 1.82 bits per heavy atom. The fraction of sp³-hybridized carbons (Fsp3) is 0.0606. The molecule has 6 heteroatoms. The molecule has 2 heterocycles. The Morgan fingerprint density at radius 2 is 1.23 bits per heavy atom. The minimum absolute atomic E-state index is 0.0505. The number of thiocarbonyl (C=S) groups is 1. The fourth-order valence-corrected chi connectivity index (χ4v) is 5.28. The molecule has 0 saturated carbocycles. The SMILES string of the molecule is Cc1ccc(Cn2cc(C=C3C(=O)N(c4ccccc4)C(=S)N(c4ccccc4)C3=O)c3ccccc32)cc1. The first kappa shape index (κ1) is 24.5. The number of aryl methyl sites for hydroxylation is 1. The third-order valence-corrected chi connectivity index (χ3v) is 7.24. The van der Waals surface area contributed by atoms with E-state index < -0.39 is 11.8 Å².